The Kier molecular flexibility index (Phi) is 2.91. The van der Waals surface area contributed by atoms with E-state index in [0.29, 0.717) is 22.1 Å². The highest BCUT2D eigenvalue weighted by atomic mass is 79.9. The van der Waals surface area contributed by atoms with Crippen LogP contribution in [0, 0.1) is 0 Å². The summed E-state index contributed by atoms with van der Waals surface area (Å²) in [7, 11) is 0. The van der Waals surface area contributed by atoms with E-state index < -0.39 is 0 Å². The molecule has 5 heteroatoms. The molecule has 1 aliphatic heterocycles. The van der Waals surface area contributed by atoms with Crippen molar-refractivity contribution in [2.45, 2.75) is 5.33 Å². The first-order valence-electron chi connectivity index (χ1n) is 5.71. The van der Waals surface area contributed by atoms with Crippen LogP contribution in [0.3, 0.4) is 0 Å². The summed E-state index contributed by atoms with van der Waals surface area (Å²) in [6, 6.07) is 10.2. The number of benzene rings is 1. The Labute approximate surface area is 118 Å². The number of amides is 2. The molecule has 0 radical (unpaired) electrons. The van der Waals surface area contributed by atoms with E-state index in [2.05, 4.69) is 20.9 Å². The van der Waals surface area contributed by atoms with E-state index in [4.69, 9.17) is 0 Å². The smallest absolute Gasteiger partial charge is 0.266 e. The number of halogens is 1. The Balaban J connectivity index is 2.08. The highest BCUT2D eigenvalue weighted by Gasteiger charge is 2.36. The zero-order valence-corrected chi connectivity index (χ0v) is 11.4. The minimum atomic E-state index is -0.285. The summed E-state index contributed by atoms with van der Waals surface area (Å²) in [5.74, 6) is -0.570. The number of rotatable bonds is 2. The average molecular weight is 317 g/mol. The summed E-state index contributed by atoms with van der Waals surface area (Å²) in [4.78, 5) is 29.9. The Hall–Kier alpha value is -2.01. The number of carbonyl (C=O) groups is 2. The van der Waals surface area contributed by atoms with Crippen LogP contribution in [-0.2, 0) is 5.33 Å². The third-order valence-electron chi connectivity index (χ3n) is 2.99. The maximum absolute atomic E-state index is 12.3. The molecule has 0 spiro atoms. The third kappa shape index (κ3) is 1.86. The number of imide groups is 1. The zero-order chi connectivity index (χ0) is 13.4. The number of fused-ring (bicyclic) bond motifs is 1. The largest absolute Gasteiger partial charge is 0.268 e. The van der Waals surface area contributed by atoms with Crippen LogP contribution >= 0.6 is 15.9 Å². The minimum absolute atomic E-state index is 0.285. The number of alkyl halides is 1. The molecule has 0 atom stereocenters. The average Bonchev–Trinajstić information content (AvgIpc) is 2.72. The molecule has 19 heavy (non-hydrogen) atoms. The first-order valence-corrected chi connectivity index (χ1v) is 6.83. The molecule has 0 saturated carbocycles. The van der Waals surface area contributed by atoms with Crippen LogP contribution in [0.4, 0.5) is 5.69 Å². The first kappa shape index (κ1) is 12.0. The number of anilines is 1. The molecule has 0 saturated heterocycles. The van der Waals surface area contributed by atoms with Gasteiger partial charge in [0.05, 0.1) is 22.5 Å². The highest BCUT2D eigenvalue weighted by molar-refractivity contribution is 9.08. The summed E-state index contributed by atoms with van der Waals surface area (Å²) in [6.45, 7) is 0. The van der Waals surface area contributed by atoms with Crippen LogP contribution in [0.5, 0.6) is 0 Å². The summed E-state index contributed by atoms with van der Waals surface area (Å²) in [5.41, 5.74) is 2.22. The van der Waals surface area contributed by atoms with Gasteiger partial charge in [-0.25, -0.2) is 4.90 Å². The predicted molar refractivity (Wildman–Crippen MR) is 74.5 cm³/mol. The van der Waals surface area contributed by atoms with Crippen LogP contribution in [0.2, 0.25) is 0 Å². The van der Waals surface area contributed by atoms with Crippen molar-refractivity contribution in [2.24, 2.45) is 0 Å². The maximum Gasteiger partial charge on any atom is 0.266 e. The number of hydrogen-bond acceptors (Lipinski definition) is 3. The minimum Gasteiger partial charge on any atom is -0.268 e. The summed E-state index contributed by atoms with van der Waals surface area (Å²) < 4.78 is 0. The van der Waals surface area contributed by atoms with Gasteiger partial charge in [0.2, 0.25) is 0 Å². The van der Waals surface area contributed by atoms with Gasteiger partial charge in [0, 0.05) is 11.5 Å². The highest BCUT2D eigenvalue weighted by Crippen LogP contribution is 2.28. The van der Waals surface area contributed by atoms with Crippen molar-refractivity contribution in [3.05, 3.63) is 59.4 Å². The van der Waals surface area contributed by atoms with Crippen molar-refractivity contribution < 1.29 is 9.59 Å². The molecule has 0 unspecified atom stereocenters. The Bertz CT molecular complexity index is 650. The predicted octanol–water partition coefficient (Wildman–Crippen LogP) is 2.78. The van der Waals surface area contributed by atoms with Crippen molar-refractivity contribution in [3.8, 4) is 0 Å². The number of pyridine rings is 1. The van der Waals surface area contributed by atoms with Crippen molar-refractivity contribution in [1.82, 2.24) is 4.98 Å². The van der Waals surface area contributed by atoms with Gasteiger partial charge < -0.3 is 0 Å². The standard InChI is InChI=1S/C14H9BrN2O2/c15-8-9-7-10(5-6-16-9)17-13(18)11-3-1-2-4-12(11)14(17)19/h1-7H,8H2. The molecule has 4 nitrogen and oxygen atoms in total. The van der Waals surface area contributed by atoms with E-state index in [-0.39, 0.29) is 11.8 Å². The van der Waals surface area contributed by atoms with Crippen molar-refractivity contribution >= 4 is 33.4 Å². The van der Waals surface area contributed by atoms with E-state index in [1.165, 1.54) is 4.90 Å². The van der Waals surface area contributed by atoms with Gasteiger partial charge in [0.1, 0.15) is 0 Å². The second-order valence-corrected chi connectivity index (χ2v) is 4.69. The summed E-state index contributed by atoms with van der Waals surface area (Å²) in [5, 5.41) is 0.573. The Morgan fingerprint density at radius 3 is 2.26 bits per heavy atom. The van der Waals surface area contributed by atoms with E-state index in [1.54, 1.807) is 42.6 Å². The number of aromatic nitrogens is 1. The maximum atomic E-state index is 12.3. The fourth-order valence-corrected chi connectivity index (χ4v) is 2.41. The van der Waals surface area contributed by atoms with Crippen molar-refractivity contribution in [3.63, 3.8) is 0 Å². The van der Waals surface area contributed by atoms with Crippen molar-refractivity contribution in [2.75, 3.05) is 4.90 Å². The molecule has 0 aliphatic carbocycles. The molecule has 1 aliphatic rings. The zero-order valence-electron chi connectivity index (χ0n) is 9.84. The molecule has 2 amide bonds. The number of carbonyl (C=O) groups excluding carboxylic acids is 2. The SMILES string of the molecule is O=C1c2ccccc2C(=O)N1c1ccnc(CBr)c1. The van der Waals surface area contributed by atoms with E-state index >= 15 is 0 Å². The molecular weight excluding hydrogens is 308 g/mol. The fourth-order valence-electron chi connectivity index (χ4n) is 2.10. The fraction of sp³-hybridized carbons (Fsp3) is 0.0714. The molecular formula is C14H9BrN2O2. The topological polar surface area (TPSA) is 50.3 Å². The number of nitrogens with zero attached hydrogens (tertiary/aromatic N) is 2. The van der Waals surface area contributed by atoms with E-state index in [9.17, 15) is 9.59 Å². The van der Waals surface area contributed by atoms with Crippen LogP contribution in [-0.4, -0.2) is 16.8 Å². The third-order valence-corrected chi connectivity index (χ3v) is 3.56. The molecule has 1 aromatic heterocycles. The van der Waals surface area contributed by atoms with E-state index in [1.807, 2.05) is 0 Å². The lowest BCUT2D eigenvalue weighted by Gasteiger charge is -2.14. The van der Waals surface area contributed by atoms with Gasteiger partial charge in [-0.1, -0.05) is 28.1 Å². The van der Waals surface area contributed by atoms with Gasteiger partial charge in [0.25, 0.3) is 11.8 Å². The van der Waals surface area contributed by atoms with Crippen LogP contribution in [0.1, 0.15) is 26.4 Å². The molecule has 3 rings (SSSR count). The monoisotopic (exact) mass is 316 g/mol. The first-order chi connectivity index (χ1) is 9.22. The van der Waals surface area contributed by atoms with Crippen molar-refractivity contribution in [1.29, 1.82) is 0 Å². The normalized spacial score (nSPS) is 13.8. The van der Waals surface area contributed by atoms with Gasteiger partial charge in [-0.2, -0.15) is 0 Å². The second-order valence-electron chi connectivity index (χ2n) is 4.13. The lowest BCUT2D eigenvalue weighted by atomic mass is 10.1. The summed E-state index contributed by atoms with van der Waals surface area (Å²) in [6.07, 6.45) is 1.59. The lowest BCUT2D eigenvalue weighted by molar-refractivity contribution is 0.0926. The lowest BCUT2D eigenvalue weighted by Crippen LogP contribution is -2.29. The van der Waals surface area contributed by atoms with Gasteiger partial charge >= 0.3 is 0 Å². The molecule has 1 aromatic carbocycles. The van der Waals surface area contributed by atoms with Gasteiger partial charge in [0.15, 0.2) is 0 Å². The molecule has 0 fully saturated rings. The van der Waals surface area contributed by atoms with Crippen LogP contribution in [0.15, 0.2) is 42.6 Å². The molecule has 0 bridgehead atoms. The molecule has 2 aromatic rings. The Morgan fingerprint density at radius 1 is 1.05 bits per heavy atom. The summed E-state index contributed by atoms with van der Waals surface area (Å²) >= 11 is 3.31. The number of hydrogen-bond donors (Lipinski definition) is 0. The van der Waals surface area contributed by atoms with Crippen LogP contribution < -0.4 is 4.90 Å². The molecule has 0 N–H and O–H groups in total. The molecule has 94 valence electrons. The quantitative estimate of drug-likeness (QED) is 0.632. The van der Waals surface area contributed by atoms with Gasteiger partial charge in [-0.05, 0) is 24.3 Å². The van der Waals surface area contributed by atoms with Gasteiger partial charge in [-0.15, -0.1) is 0 Å². The van der Waals surface area contributed by atoms with Gasteiger partial charge in [-0.3, -0.25) is 14.6 Å². The van der Waals surface area contributed by atoms with E-state index in [0.717, 1.165) is 5.69 Å². The molecule has 2 heterocycles. The second kappa shape index (κ2) is 4.59. The van der Waals surface area contributed by atoms with Crippen LogP contribution in [0.25, 0.3) is 0 Å². The Morgan fingerprint density at radius 2 is 1.68 bits per heavy atom.